The van der Waals surface area contributed by atoms with E-state index in [1.54, 1.807) is 19.9 Å². The first-order valence-corrected chi connectivity index (χ1v) is 6.07. The molecule has 0 fully saturated rings. The Balaban J connectivity index is 2.36. The van der Waals surface area contributed by atoms with Gasteiger partial charge in [0, 0.05) is 17.8 Å². The van der Waals surface area contributed by atoms with Crippen molar-refractivity contribution >= 4 is 17.3 Å². The summed E-state index contributed by atoms with van der Waals surface area (Å²) in [7, 11) is 0. The summed E-state index contributed by atoms with van der Waals surface area (Å²) in [5, 5.41) is 13.4. The Hall–Kier alpha value is -2.83. The van der Waals surface area contributed by atoms with Crippen LogP contribution < -0.4 is 5.32 Å². The van der Waals surface area contributed by atoms with Crippen molar-refractivity contribution in [3.8, 4) is 0 Å². The number of nitrogens with one attached hydrogen (secondary N) is 1. The Bertz CT molecular complexity index is 731. The second-order valence-electron chi connectivity index (χ2n) is 4.51. The van der Waals surface area contributed by atoms with E-state index < -0.39 is 16.8 Å². The van der Waals surface area contributed by atoms with Crippen LogP contribution in [-0.2, 0) is 0 Å². The molecule has 108 valence electrons. The van der Waals surface area contributed by atoms with Gasteiger partial charge in [0.1, 0.15) is 0 Å². The Morgan fingerprint density at radius 3 is 2.67 bits per heavy atom. The highest BCUT2D eigenvalue weighted by Crippen LogP contribution is 2.26. The van der Waals surface area contributed by atoms with Crippen LogP contribution in [0.15, 0.2) is 30.5 Å². The van der Waals surface area contributed by atoms with Gasteiger partial charge >= 0.3 is 0 Å². The SMILES string of the molecule is Cc1cc(C)c([N+](=O)[O-])cc1NC(=O)c1cccnc1F. The average Bonchev–Trinajstić information content (AvgIpc) is 2.41. The van der Waals surface area contributed by atoms with E-state index in [1.165, 1.54) is 24.4 Å². The number of nitro groups is 1. The second kappa shape index (κ2) is 5.66. The fourth-order valence-electron chi connectivity index (χ4n) is 1.92. The molecule has 2 aromatic rings. The monoisotopic (exact) mass is 289 g/mol. The van der Waals surface area contributed by atoms with Crippen LogP contribution in [0.3, 0.4) is 0 Å². The molecular weight excluding hydrogens is 277 g/mol. The van der Waals surface area contributed by atoms with Gasteiger partial charge in [0.05, 0.1) is 16.2 Å². The minimum Gasteiger partial charge on any atom is -0.321 e. The molecule has 1 amide bonds. The summed E-state index contributed by atoms with van der Waals surface area (Å²) in [4.78, 5) is 25.8. The number of nitrogens with zero attached hydrogens (tertiary/aromatic N) is 2. The molecule has 0 saturated carbocycles. The summed E-state index contributed by atoms with van der Waals surface area (Å²) < 4.78 is 13.4. The minimum atomic E-state index is -0.894. The van der Waals surface area contributed by atoms with E-state index in [1.807, 2.05) is 0 Å². The van der Waals surface area contributed by atoms with Crippen molar-refractivity contribution in [1.82, 2.24) is 4.98 Å². The van der Waals surface area contributed by atoms with Crippen LogP contribution in [0.25, 0.3) is 0 Å². The highest BCUT2D eigenvalue weighted by atomic mass is 19.1. The lowest BCUT2D eigenvalue weighted by Crippen LogP contribution is -2.15. The summed E-state index contributed by atoms with van der Waals surface area (Å²) in [6.45, 7) is 3.31. The molecule has 1 aromatic heterocycles. The lowest BCUT2D eigenvalue weighted by molar-refractivity contribution is -0.385. The van der Waals surface area contributed by atoms with E-state index >= 15 is 0 Å². The van der Waals surface area contributed by atoms with Crippen molar-refractivity contribution in [3.63, 3.8) is 0 Å². The van der Waals surface area contributed by atoms with Crippen LogP contribution in [-0.4, -0.2) is 15.8 Å². The van der Waals surface area contributed by atoms with Crippen molar-refractivity contribution in [2.24, 2.45) is 0 Å². The first kappa shape index (κ1) is 14.6. The van der Waals surface area contributed by atoms with Gasteiger partial charge in [0.25, 0.3) is 11.6 Å². The number of aryl methyl sites for hydroxylation is 2. The summed E-state index contributed by atoms with van der Waals surface area (Å²) in [5.41, 5.74) is 1.07. The van der Waals surface area contributed by atoms with Crippen LogP contribution in [0.5, 0.6) is 0 Å². The number of carbonyl (C=O) groups is 1. The van der Waals surface area contributed by atoms with E-state index in [4.69, 9.17) is 0 Å². The number of pyridine rings is 1. The average molecular weight is 289 g/mol. The van der Waals surface area contributed by atoms with E-state index in [9.17, 15) is 19.3 Å². The van der Waals surface area contributed by atoms with Gasteiger partial charge in [0.2, 0.25) is 5.95 Å². The summed E-state index contributed by atoms with van der Waals surface area (Å²) >= 11 is 0. The molecule has 6 nitrogen and oxygen atoms in total. The van der Waals surface area contributed by atoms with Gasteiger partial charge in [-0.1, -0.05) is 0 Å². The minimum absolute atomic E-state index is 0.109. The third kappa shape index (κ3) is 3.02. The summed E-state index contributed by atoms with van der Waals surface area (Å²) in [6.07, 6.45) is 1.23. The molecule has 0 atom stereocenters. The number of halogens is 1. The fraction of sp³-hybridized carbons (Fsp3) is 0.143. The zero-order valence-electron chi connectivity index (χ0n) is 11.4. The van der Waals surface area contributed by atoms with Crippen LogP contribution in [0.2, 0.25) is 0 Å². The Morgan fingerprint density at radius 2 is 2.05 bits per heavy atom. The van der Waals surface area contributed by atoms with Crippen molar-refractivity contribution < 1.29 is 14.1 Å². The molecular formula is C14H12FN3O3. The maximum absolute atomic E-state index is 13.4. The highest BCUT2D eigenvalue weighted by Gasteiger charge is 2.17. The quantitative estimate of drug-likeness (QED) is 0.534. The number of nitro benzene ring substituents is 1. The second-order valence-corrected chi connectivity index (χ2v) is 4.51. The van der Waals surface area contributed by atoms with Crippen LogP contribution in [0, 0.1) is 29.9 Å². The Kier molecular flexibility index (Phi) is 3.93. The zero-order chi connectivity index (χ0) is 15.6. The van der Waals surface area contributed by atoms with Gasteiger partial charge < -0.3 is 5.32 Å². The molecule has 1 N–H and O–H groups in total. The molecule has 0 bridgehead atoms. The predicted octanol–water partition coefficient (Wildman–Crippen LogP) is 3.00. The van der Waals surface area contributed by atoms with Gasteiger partial charge in [-0.15, -0.1) is 0 Å². The molecule has 0 spiro atoms. The lowest BCUT2D eigenvalue weighted by Gasteiger charge is -2.10. The number of anilines is 1. The number of hydrogen-bond acceptors (Lipinski definition) is 4. The number of amides is 1. The van der Waals surface area contributed by atoms with Crippen molar-refractivity contribution in [3.05, 3.63) is 63.2 Å². The molecule has 0 radical (unpaired) electrons. The molecule has 0 unspecified atom stereocenters. The van der Waals surface area contributed by atoms with Gasteiger partial charge in [0.15, 0.2) is 0 Å². The number of hydrogen-bond donors (Lipinski definition) is 1. The van der Waals surface area contributed by atoms with Crippen LogP contribution >= 0.6 is 0 Å². The molecule has 0 aliphatic heterocycles. The van der Waals surface area contributed by atoms with Crippen molar-refractivity contribution in [2.75, 3.05) is 5.32 Å². The summed E-state index contributed by atoms with van der Waals surface area (Å²) in [6, 6.07) is 5.57. The molecule has 2 rings (SSSR count). The topological polar surface area (TPSA) is 85.1 Å². The maximum Gasteiger partial charge on any atom is 0.274 e. The first-order chi connectivity index (χ1) is 9.90. The van der Waals surface area contributed by atoms with E-state index in [0.717, 1.165) is 0 Å². The number of carbonyl (C=O) groups excluding carboxylic acids is 1. The highest BCUT2D eigenvalue weighted by molar-refractivity contribution is 6.04. The number of aromatic nitrogens is 1. The van der Waals surface area contributed by atoms with Gasteiger partial charge in [-0.3, -0.25) is 14.9 Å². The molecule has 21 heavy (non-hydrogen) atoms. The fourth-order valence-corrected chi connectivity index (χ4v) is 1.92. The van der Waals surface area contributed by atoms with Crippen molar-refractivity contribution in [1.29, 1.82) is 0 Å². The standard InChI is InChI=1S/C14H12FN3O3/c1-8-6-9(2)12(18(20)21)7-11(8)17-14(19)10-4-3-5-16-13(10)15/h3-7H,1-2H3,(H,17,19). The molecule has 7 heteroatoms. The van der Waals surface area contributed by atoms with Gasteiger partial charge in [-0.2, -0.15) is 4.39 Å². The summed E-state index contributed by atoms with van der Waals surface area (Å²) in [5.74, 6) is -1.60. The molecule has 0 aliphatic rings. The van der Waals surface area contributed by atoms with E-state index in [-0.39, 0.29) is 16.9 Å². The first-order valence-electron chi connectivity index (χ1n) is 6.07. The van der Waals surface area contributed by atoms with Gasteiger partial charge in [-0.25, -0.2) is 4.98 Å². The van der Waals surface area contributed by atoms with Crippen LogP contribution in [0.4, 0.5) is 15.8 Å². The molecule has 0 saturated heterocycles. The van der Waals surface area contributed by atoms with E-state index in [2.05, 4.69) is 10.3 Å². The third-order valence-corrected chi connectivity index (χ3v) is 2.99. The van der Waals surface area contributed by atoms with E-state index in [0.29, 0.717) is 11.1 Å². The predicted molar refractivity (Wildman–Crippen MR) is 74.7 cm³/mol. The lowest BCUT2D eigenvalue weighted by atomic mass is 10.1. The smallest absolute Gasteiger partial charge is 0.274 e. The Morgan fingerprint density at radius 1 is 1.33 bits per heavy atom. The Labute approximate surface area is 119 Å². The molecule has 0 aliphatic carbocycles. The zero-order valence-corrected chi connectivity index (χ0v) is 11.4. The van der Waals surface area contributed by atoms with Crippen LogP contribution in [0.1, 0.15) is 21.5 Å². The molecule has 1 aromatic carbocycles. The number of rotatable bonds is 3. The molecule has 1 heterocycles. The largest absolute Gasteiger partial charge is 0.321 e. The number of benzene rings is 1. The normalized spacial score (nSPS) is 10.2. The third-order valence-electron chi connectivity index (χ3n) is 2.99. The van der Waals surface area contributed by atoms with Gasteiger partial charge in [-0.05, 0) is 37.6 Å². The maximum atomic E-state index is 13.4. The van der Waals surface area contributed by atoms with Crippen molar-refractivity contribution in [2.45, 2.75) is 13.8 Å².